The van der Waals surface area contributed by atoms with E-state index in [1.165, 1.54) is 12.1 Å². The van der Waals surface area contributed by atoms with E-state index < -0.39 is 10.8 Å². The molecule has 36 heavy (non-hydrogen) atoms. The van der Waals surface area contributed by atoms with E-state index in [1.807, 2.05) is 0 Å². The number of hydrogen-bond donors (Lipinski definition) is 0. The molecule has 0 atom stereocenters. The zero-order chi connectivity index (χ0) is 25.7. The van der Waals surface area contributed by atoms with Crippen LogP contribution in [0.25, 0.3) is 6.08 Å². The third-order valence-electron chi connectivity index (χ3n) is 5.07. The second kappa shape index (κ2) is 11.6. The van der Waals surface area contributed by atoms with Crippen LogP contribution in [-0.2, 0) is 11.4 Å². The molecular weight excluding hydrogens is 572 g/mol. The number of halogens is 2. The highest BCUT2D eigenvalue weighted by Crippen LogP contribution is 2.35. The molecule has 0 spiro atoms. The SMILES string of the molecule is O=C1S/C(=C\c2cc(Br)ccc2OCc2ccc([N+](=O)[O-])cc2)C(=O)N1CCOc1ccc(Cl)cc1. The smallest absolute Gasteiger partial charge is 0.293 e. The van der Waals surface area contributed by atoms with Crippen molar-refractivity contribution in [3.63, 3.8) is 0 Å². The number of rotatable bonds is 9. The minimum Gasteiger partial charge on any atom is -0.492 e. The van der Waals surface area contributed by atoms with E-state index in [0.717, 1.165) is 26.7 Å². The van der Waals surface area contributed by atoms with Gasteiger partial charge in [-0.2, -0.15) is 0 Å². The summed E-state index contributed by atoms with van der Waals surface area (Å²) >= 11 is 10.1. The van der Waals surface area contributed by atoms with Crippen LogP contribution in [0.4, 0.5) is 10.5 Å². The lowest BCUT2D eigenvalue weighted by Gasteiger charge is -2.13. The summed E-state index contributed by atoms with van der Waals surface area (Å²) in [5, 5.41) is 11.0. The lowest BCUT2D eigenvalue weighted by atomic mass is 10.1. The Morgan fingerprint density at radius 1 is 1.03 bits per heavy atom. The molecule has 4 rings (SSSR count). The standard InChI is InChI=1S/C25H18BrClN2O6S/c26-18-3-10-22(35-15-16-1-6-20(7-2-16)29(32)33)17(13-18)14-23-24(30)28(25(31)36-23)11-12-34-21-8-4-19(27)5-9-21/h1-10,13-14H,11-12,15H2/b23-14-. The van der Waals surface area contributed by atoms with Crippen LogP contribution in [0.3, 0.4) is 0 Å². The molecule has 0 saturated carbocycles. The summed E-state index contributed by atoms with van der Waals surface area (Å²) in [5.74, 6) is 0.672. The zero-order valence-corrected chi connectivity index (χ0v) is 21.7. The number of non-ortho nitro benzene ring substituents is 1. The number of nitro groups is 1. The fourth-order valence-corrected chi connectivity index (χ4v) is 4.62. The third-order valence-corrected chi connectivity index (χ3v) is 6.72. The largest absolute Gasteiger partial charge is 0.492 e. The molecule has 0 unspecified atom stereocenters. The maximum Gasteiger partial charge on any atom is 0.293 e. The molecule has 1 heterocycles. The van der Waals surface area contributed by atoms with E-state index in [2.05, 4.69) is 15.9 Å². The van der Waals surface area contributed by atoms with Gasteiger partial charge in [0.25, 0.3) is 16.8 Å². The maximum atomic E-state index is 12.9. The Kier molecular flexibility index (Phi) is 8.29. The van der Waals surface area contributed by atoms with Gasteiger partial charge in [-0.05, 0) is 78.0 Å². The van der Waals surface area contributed by atoms with Crippen LogP contribution in [-0.4, -0.2) is 34.1 Å². The first-order valence-electron chi connectivity index (χ1n) is 10.6. The van der Waals surface area contributed by atoms with Crippen molar-refractivity contribution >= 4 is 62.2 Å². The number of benzene rings is 3. The number of nitrogens with zero attached hydrogens (tertiary/aromatic N) is 2. The topological polar surface area (TPSA) is 99.0 Å². The van der Waals surface area contributed by atoms with Crippen molar-refractivity contribution in [3.05, 3.63) is 102 Å². The molecule has 1 aliphatic heterocycles. The summed E-state index contributed by atoms with van der Waals surface area (Å²) in [6, 6.07) is 18.2. The van der Waals surface area contributed by atoms with Gasteiger partial charge in [-0.25, -0.2) is 0 Å². The minimum absolute atomic E-state index is 0.00243. The average Bonchev–Trinajstić information content (AvgIpc) is 3.12. The Morgan fingerprint density at radius 2 is 1.75 bits per heavy atom. The number of nitro benzene ring substituents is 1. The number of hydrogen-bond acceptors (Lipinski definition) is 7. The van der Waals surface area contributed by atoms with Gasteiger partial charge in [0.05, 0.1) is 16.4 Å². The van der Waals surface area contributed by atoms with Crippen molar-refractivity contribution in [2.24, 2.45) is 0 Å². The molecule has 1 fully saturated rings. The Bertz CT molecular complexity index is 1330. The van der Waals surface area contributed by atoms with Gasteiger partial charge in [0.1, 0.15) is 24.7 Å². The molecule has 0 aliphatic carbocycles. The molecule has 184 valence electrons. The van der Waals surface area contributed by atoms with Gasteiger partial charge < -0.3 is 9.47 Å². The van der Waals surface area contributed by atoms with Crippen molar-refractivity contribution in [2.75, 3.05) is 13.2 Å². The van der Waals surface area contributed by atoms with Gasteiger partial charge in [-0.15, -0.1) is 0 Å². The molecule has 3 aromatic rings. The predicted molar refractivity (Wildman–Crippen MR) is 141 cm³/mol. The van der Waals surface area contributed by atoms with E-state index in [1.54, 1.807) is 60.7 Å². The van der Waals surface area contributed by atoms with Crippen molar-refractivity contribution in [1.29, 1.82) is 0 Å². The molecule has 11 heteroatoms. The molecule has 8 nitrogen and oxygen atoms in total. The lowest BCUT2D eigenvalue weighted by Crippen LogP contribution is -2.32. The minimum atomic E-state index is -0.464. The Hall–Kier alpha value is -3.34. The van der Waals surface area contributed by atoms with E-state index >= 15 is 0 Å². The van der Waals surface area contributed by atoms with Crippen molar-refractivity contribution in [2.45, 2.75) is 6.61 Å². The highest BCUT2D eigenvalue weighted by molar-refractivity contribution is 9.10. The first-order valence-corrected chi connectivity index (χ1v) is 12.6. The second-order valence-electron chi connectivity index (χ2n) is 7.53. The van der Waals surface area contributed by atoms with E-state index in [-0.39, 0.29) is 35.6 Å². The van der Waals surface area contributed by atoms with E-state index in [9.17, 15) is 19.7 Å². The molecule has 0 N–H and O–H groups in total. The number of thioether (sulfide) groups is 1. The molecule has 1 aliphatic rings. The van der Waals surface area contributed by atoms with Gasteiger partial charge in [-0.3, -0.25) is 24.6 Å². The molecule has 0 bridgehead atoms. The van der Waals surface area contributed by atoms with Crippen LogP contribution < -0.4 is 9.47 Å². The molecule has 0 radical (unpaired) electrons. The number of amides is 2. The number of carbonyl (C=O) groups excluding carboxylic acids is 2. The first-order chi connectivity index (χ1) is 17.3. The number of ether oxygens (including phenoxy) is 2. The molecule has 2 amide bonds. The number of imide groups is 1. The highest BCUT2D eigenvalue weighted by atomic mass is 79.9. The van der Waals surface area contributed by atoms with Gasteiger partial charge in [-0.1, -0.05) is 27.5 Å². The first kappa shape index (κ1) is 25.7. The fourth-order valence-electron chi connectivity index (χ4n) is 3.26. The summed E-state index contributed by atoms with van der Waals surface area (Å²) in [5.41, 5.74) is 1.35. The average molecular weight is 590 g/mol. The Morgan fingerprint density at radius 3 is 2.44 bits per heavy atom. The third kappa shape index (κ3) is 6.45. The van der Waals surface area contributed by atoms with Crippen LogP contribution in [0.2, 0.25) is 5.02 Å². The van der Waals surface area contributed by atoms with Crippen LogP contribution in [0.1, 0.15) is 11.1 Å². The summed E-state index contributed by atoms with van der Waals surface area (Å²) in [7, 11) is 0. The Labute approximate surface area is 224 Å². The summed E-state index contributed by atoms with van der Waals surface area (Å²) < 4.78 is 12.3. The summed E-state index contributed by atoms with van der Waals surface area (Å²) in [6.45, 7) is 0.421. The fraction of sp³-hybridized carbons (Fsp3) is 0.120. The second-order valence-corrected chi connectivity index (χ2v) is 9.88. The van der Waals surface area contributed by atoms with Crippen molar-refractivity contribution in [1.82, 2.24) is 4.90 Å². The summed E-state index contributed by atoms with van der Waals surface area (Å²) in [4.78, 5) is 37.2. The quantitative estimate of drug-likeness (QED) is 0.155. The van der Waals surface area contributed by atoms with Crippen molar-refractivity contribution < 1.29 is 24.0 Å². The molecule has 1 saturated heterocycles. The van der Waals surface area contributed by atoms with Gasteiger partial charge in [0, 0.05) is 27.2 Å². The highest BCUT2D eigenvalue weighted by Gasteiger charge is 2.35. The van der Waals surface area contributed by atoms with Crippen LogP contribution in [0.15, 0.2) is 76.1 Å². The van der Waals surface area contributed by atoms with Gasteiger partial charge in [0.2, 0.25) is 0 Å². The van der Waals surface area contributed by atoms with Crippen LogP contribution in [0.5, 0.6) is 11.5 Å². The van der Waals surface area contributed by atoms with E-state index in [4.69, 9.17) is 21.1 Å². The molecule has 3 aromatic carbocycles. The Balaban J connectivity index is 1.43. The van der Waals surface area contributed by atoms with Crippen LogP contribution >= 0.6 is 39.3 Å². The monoisotopic (exact) mass is 588 g/mol. The number of carbonyl (C=O) groups is 2. The molecular formula is C25H18BrClN2O6S. The van der Waals surface area contributed by atoms with Gasteiger partial charge in [0.15, 0.2) is 0 Å². The normalized spacial score (nSPS) is 14.4. The zero-order valence-electron chi connectivity index (χ0n) is 18.6. The molecule has 0 aromatic heterocycles. The summed E-state index contributed by atoms with van der Waals surface area (Å²) in [6.07, 6.45) is 1.61. The van der Waals surface area contributed by atoms with Crippen molar-refractivity contribution in [3.8, 4) is 11.5 Å². The van der Waals surface area contributed by atoms with E-state index in [0.29, 0.717) is 22.1 Å². The van der Waals surface area contributed by atoms with Gasteiger partial charge >= 0.3 is 0 Å². The predicted octanol–water partition coefficient (Wildman–Crippen LogP) is 6.71. The maximum absolute atomic E-state index is 12.9. The lowest BCUT2D eigenvalue weighted by molar-refractivity contribution is -0.384. The van der Waals surface area contributed by atoms with Crippen LogP contribution in [0, 0.1) is 10.1 Å².